The van der Waals surface area contributed by atoms with Crippen molar-refractivity contribution < 1.29 is 28.5 Å². The lowest BCUT2D eigenvalue weighted by atomic mass is 9.79. The van der Waals surface area contributed by atoms with Gasteiger partial charge in [-0.15, -0.1) is 0 Å². The average molecular weight is 529 g/mol. The highest BCUT2D eigenvalue weighted by Crippen LogP contribution is 2.34. The maximum absolute atomic E-state index is 12.6. The molecule has 6 nitrogen and oxygen atoms in total. The quantitative estimate of drug-likeness (QED) is 0.153. The molecule has 1 aromatic rings. The minimum atomic E-state index is -1.16. The Labute approximate surface area is 229 Å². The second-order valence-electron chi connectivity index (χ2n) is 11.4. The highest BCUT2D eigenvalue weighted by atomic mass is 16.8. The van der Waals surface area contributed by atoms with E-state index in [0.717, 1.165) is 30.2 Å². The summed E-state index contributed by atoms with van der Waals surface area (Å²) in [5.74, 6) is 0.440. The van der Waals surface area contributed by atoms with Gasteiger partial charge in [0.25, 0.3) is 0 Å². The summed E-state index contributed by atoms with van der Waals surface area (Å²) in [5, 5.41) is 0. The molecule has 0 radical (unpaired) electrons. The first kappa shape index (κ1) is 30.4. The number of allylic oxidation sites excluding steroid dienone is 2. The zero-order valence-corrected chi connectivity index (χ0v) is 24.0. The Balaban J connectivity index is 1.48. The van der Waals surface area contributed by atoms with Gasteiger partial charge in [-0.3, -0.25) is 0 Å². The van der Waals surface area contributed by atoms with E-state index in [2.05, 4.69) is 31.2 Å². The Kier molecular flexibility index (Phi) is 12.3. The molecule has 1 heterocycles. The SMILES string of the molecule is CCCCCC1CCC(/C=C/CCc2ccc(C3O[C@@H](C(=O)OC(C)C)[C@H](C(=O)OC(C)C)O3)cc2)CC1. The molecule has 38 heavy (non-hydrogen) atoms. The van der Waals surface area contributed by atoms with Crippen LogP contribution in [0.25, 0.3) is 0 Å². The Bertz CT molecular complexity index is 852. The second kappa shape index (κ2) is 15.4. The molecule has 0 unspecified atom stereocenters. The van der Waals surface area contributed by atoms with Gasteiger partial charge in [0.2, 0.25) is 0 Å². The van der Waals surface area contributed by atoms with E-state index in [9.17, 15) is 9.59 Å². The largest absolute Gasteiger partial charge is 0.461 e. The number of aryl methyl sites for hydroxylation is 1. The van der Waals surface area contributed by atoms with Crippen LogP contribution in [0.15, 0.2) is 36.4 Å². The van der Waals surface area contributed by atoms with Crippen molar-refractivity contribution in [2.24, 2.45) is 11.8 Å². The van der Waals surface area contributed by atoms with Crippen LogP contribution in [0.3, 0.4) is 0 Å². The van der Waals surface area contributed by atoms with Crippen molar-refractivity contribution in [1.29, 1.82) is 0 Å². The van der Waals surface area contributed by atoms with E-state index in [1.165, 1.54) is 56.9 Å². The normalized spacial score (nSPS) is 24.4. The molecule has 0 amide bonds. The second-order valence-corrected chi connectivity index (χ2v) is 11.4. The van der Waals surface area contributed by atoms with Gasteiger partial charge in [-0.2, -0.15) is 0 Å². The van der Waals surface area contributed by atoms with Crippen LogP contribution >= 0.6 is 0 Å². The van der Waals surface area contributed by atoms with E-state index in [1.807, 2.05) is 12.1 Å². The molecule has 2 fully saturated rings. The fourth-order valence-electron chi connectivity index (χ4n) is 5.29. The smallest absolute Gasteiger partial charge is 0.339 e. The van der Waals surface area contributed by atoms with E-state index in [0.29, 0.717) is 0 Å². The van der Waals surface area contributed by atoms with Crippen molar-refractivity contribution >= 4 is 11.9 Å². The fraction of sp³-hybridized carbons (Fsp3) is 0.688. The summed E-state index contributed by atoms with van der Waals surface area (Å²) in [6, 6.07) is 7.98. The molecule has 1 aliphatic heterocycles. The first-order chi connectivity index (χ1) is 18.3. The van der Waals surface area contributed by atoms with Crippen LogP contribution in [0.2, 0.25) is 0 Å². The van der Waals surface area contributed by atoms with Crippen LogP contribution in [-0.2, 0) is 35.0 Å². The summed E-state index contributed by atoms with van der Waals surface area (Å²) < 4.78 is 22.3. The van der Waals surface area contributed by atoms with Gasteiger partial charge < -0.3 is 18.9 Å². The number of hydrogen-bond donors (Lipinski definition) is 0. The molecule has 0 N–H and O–H groups in total. The van der Waals surface area contributed by atoms with Crippen LogP contribution in [0.4, 0.5) is 0 Å². The highest BCUT2D eigenvalue weighted by molar-refractivity contribution is 5.86. The third kappa shape index (κ3) is 9.53. The first-order valence-corrected chi connectivity index (χ1v) is 14.7. The molecule has 1 saturated heterocycles. The van der Waals surface area contributed by atoms with Crippen molar-refractivity contribution in [3.05, 3.63) is 47.5 Å². The molecule has 1 aromatic carbocycles. The van der Waals surface area contributed by atoms with Crippen molar-refractivity contribution in [3.8, 4) is 0 Å². The molecule has 212 valence electrons. The molecular weight excluding hydrogens is 480 g/mol. The standard InChI is InChI=1S/C32H48O6/c1-6-7-8-11-24-14-16-25(17-15-24)12-9-10-13-26-18-20-27(21-19-26)32-37-28(30(33)35-22(2)3)29(38-32)31(34)36-23(4)5/h9,12,18-25,28-29,32H,6-8,10-11,13-17H2,1-5H3/b12-9+/t24?,25?,28-,29-/m1/s1. The van der Waals surface area contributed by atoms with Crippen molar-refractivity contribution in [2.75, 3.05) is 0 Å². The minimum Gasteiger partial charge on any atom is -0.461 e. The van der Waals surface area contributed by atoms with Gasteiger partial charge in [0.15, 0.2) is 18.5 Å². The summed E-state index contributed by atoms with van der Waals surface area (Å²) in [5.41, 5.74) is 1.98. The lowest BCUT2D eigenvalue weighted by Gasteiger charge is -2.26. The Morgan fingerprint density at radius 3 is 2.00 bits per heavy atom. The molecule has 3 rings (SSSR count). The Morgan fingerprint density at radius 2 is 1.47 bits per heavy atom. The number of unbranched alkanes of at least 4 members (excludes halogenated alkanes) is 2. The molecule has 0 spiro atoms. The van der Waals surface area contributed by atoms with Crippen LogP contribution in [0.1, 0.15) is 110 Å². The van der Waals surface area contributed by atoms with Crippen LogP contribution in [-0.4, -0.2) is 36.4 Å². The molecule has 2 aliphatic rings. The van der Waals surface area contributed by atoms with Crippen molar-refractivity contribution in [2.45, 2.75) is 130 Å². The molecule has 0 bridgehead atoms. The first-order valence-electron chi connectivity index (χ1n) is 14.7. The van der Waals surface area contributed by atoms with Crippen LogP contribution in [0.5, 0.6) is 0 Å². The van der Waals surface area contributed by atoms with Gasteiger partial charge in [0.05, 0.1) is 12.2 Å². The fourth-order valence-corrected chi connectivity index (χ4v) is 5.29. The minimum absolute atomic E-state index is 0.328. The zero-order chi connectivity index (χ0) is 27.5. The molecular formula is C32H48O6. The number of ether oxygens (including phenoxy) is 4. The number of hydrogen-bond acceptors (Lipinski definition) is 6. The highest BCUT2D eigenvalue weighted by Gasteiger charge is 2.48. The third-order valence-electron chi connectivity index (χ3n) is 7.35. The van der Waals surface area contributed by atoms with Gasteiger partial charge in [-0.05, 0) is 83.6 Å². The van der Waals surface area contributed by atoms with E-state index < -0.39 is 30.4 Å². The van der Waals surface area contributed by atoms with Gasteiger partial charge in [0, 0.05) is 5.56 Å². The van der Waals surface area contributed by atoms with E-state index in [4.69, 9.17) is 18.9 Å². The van der Waals surface area contributed by atoms with E-state index in [1.54, 1.807) is 27.7 Å². The predicted molar refractivity (Wildman–Crippen MR) is 148 cm³/mol. The summed E-state index contributed by atoms with van der Waals surface area (Å²) in [7, 11) is 0. The lowest BCUT2D eigenvalue weighted by Crippen LogP contribution is -2.40. The van der Waals surface area contributed by atoms with Gasteiger partial charge >= 0.3 is 11.9 Å². The van der Waals surface area contributed by atoms with E-state index in [-0.39, 0.29) is 12.2 Å². The summed E-state index contributed by atoms with van der Waals surface area (Å²) >= 11 is 0. The van der Waals surface area contributed by atoms with Crippen molar-refractivity contribution in [1.82, 2.24) is 0 Å². The Hall–Kier alpha value is -2.18. The summed E-state index contributed by atoms with van der Waals surface area (Å²) in [6.45, 7) is 9.28. The number of carbonyl (C=O) groups excluding carboxylic acids is 2. The maximum Gasteiger partial charge on any atom is 0.339 e. The number of esters is 2. The van der Waals surface area contributed by atoms with Crippen LogP contribution in [0, 0.1) is 11.8 Å². The average Bonchev–Trinajstić information content (AvgIpc) is 3.33. The molecule has 1 saturated carbocycles. The molecule has 2 atom stereocenters. The van der Waals surface area contributed by atoms with Gasteiger partial charge in [-0.25, -0.2) is 9.59 Å². The predicted octanol–water partition coefficient (Wildman–Crippen LogP) is 7.25. The summed E-state index contributed by atoms with van der Waals surface area (Å²) in [4.78, 5) is 25.2. The van der Waals surface area contributed by atoms with Crippen LogP contribution < -0.4 is 0 Å². The number of benzene rings is 1. The van der Waals surface area contributed by atoms with Gasteiger partial charge in [0.1, 0.15) is 0 Å². The van der Waals surface area contributed by atoms with Gasteiger partial charge in [-0.1, -0.05) is 69.0 Å². The number of rotatable bonds is 13. The molecule has 1 aliphatic carbocycles. The number of carbonyl (C=O) groups is 2. The molecule has 6 heteroatoms. The van der Waals surface area contributed by atoms with E-state index >= 15 is 0 Å². The Morgan fingerprint density at radius 1 is 0.895 bits per heavy atom. The lowest BCUT2D eigenvalue weighted by molar-refractivity contribution is -0.167. The van der Waals surface area contributed by atoms with Crippen molar-refractivity contribution in [3.63, 3.8) is 0 Å². The molecule has 0 aromatic heterocycles. The maximum atomic E-state index is 12.6. The summed E-state index contributed by atoms with van der Waals surface area (Å²) in [6.07, 6.45) is 13.9. The third-order valence-corrected chi connectivity index (χ3v) is 7.35. The topological polar surface area (TPSA) is 71.1 Å². The zero-order valence-electron chi connectivity index (χ0n) is 24.0. The monoisotopic (exact) mass is 528 g/mol.